The number of amides is 2. The number of aromatic nitrogens is 3. The molecule has 0 saturated carbocycles. The number of rotatable bonds is 6. The second-order valence-corrected chi connectivity index (χ2v) is 6.47. The number of hydrogen-bond acceptors (Lipinski definition) is 4. The summed E-state index contributed by atoms with van der Waals surface area (Å²) in [4.78, 5) is 30.5. The molecule has 0 aromatic carbocycles. The highest BCUT2D eigenvalue weighted by Gasteiger charge is 2.42. The van der Waals surface area contributed by atoms with Crippen molar-refractivity contribution in [1.82, 2.24) is 25.0 Å². The maximum atomic E-state index is 12.6. The van der Waals surface area contributed by atoms with E-state index in [1.165, 1.54) is 0 Å². The van der Waals surface area contributed by atoms with E-state index in [9.17, 15) is 9.59 Å². The maximum Gasteiger partial charge on any atom is 0.226 e. The summed E-state index contributed by atoms with van der Waals surface area (Å²) in [5.74, 6) is -0.474. The van der Waals surface area contributed by atoms with Crippen molar-refractivity contribution in [3.8, 4) is 0 Å². The van der Waals surface area contributed by atoms with Gasteiger partial charge in [-0.3, -0.25) is 19.3 Å². The van der Waals surface area contributed by atoms with Crippen LogP contribution in [0.5, 0.6) is 0 Å². The Balaban J connectivity index is 1.57. The van der Waals surface area contributed by atoms with E-state index >= 15 is 0 Å². The van der Waals surface area contributed by atoms with Gasteiger partial charge in [-0.05, 0) is 30.5 Å². The van der Waals surface area contributed by atoms with E-state index in [4.69, 9.17) is 0 Å². The number of nitrogens with one attached hydrogen (secondary N) is 1. The van der Waals surface area contributed by atoms with E-state index in [0.717, 1.165) is 24.1 Å². The van der Waals surface area contributed by atoms with Crippen molar-refractivity contribution < 1.29 is 9.59 Å². The predicted molar refractivity (Wildman–Crippen MR) is 92.4 cm³/mol. The van der Waals surface area contributed by atoms with Crippen LogP contribution in [-0.4, -0.2) is 45.1 Å². The van der Waals surface area contributed by atoms with Crippen LogP contribution in [0.15, 0.2) is 36.9 Å². The predicted octanol–water partition coefficient (Wildman–Crippen LogP) is 1.31. The Morgan fingerprint density at radius 3 is 2.92 bits per heavy atom. The van der Waals surface area contributed by atoms with Crippen LogP contribution in [0.1, 0.15) is 30.0 Å². The SMILES string of the molecule is Cc1cnn(CCCNC(=O)[C@H]2CC(=O)N(C)[C@H]2c2cccnc2)c1. The smallest absolute Gasteiger partial charge is 0.226 e. The normalized spacial score (nSPS) is 20.1. The number of nitrogens with zero attached hydrogens (tertiary/aromatic N) is 4. The standard InChI is InChI=1S/C18H23N5O2/c1-13-10-21-23(12-13)8-4-7-20-18(25)15-9-16(24)22(2)17(15)14-5-3-6-19-11-14/h3,5-6,10-12,15,17H,4,7-9H2,1-2H3,(H,20,25)/t15-,17-/m0/s1. The molecular weight excluding hydrogens is 318 g/mol. The van der Waals surface area contributed by atoms with E-state index in [0.29, 0.717) is 6.54 Å². The van der Waals surface area contributed by atoms with Gasteiger partial charge in [0.1, 0.15) is 0 Å². The van der Waals surface area contributed by atoms with Gasteiger partial charge >= 0.3 is 0 Å². The van der Waals surface area contributed by atoms with Crippen LogP contribution in [0.2, 0.25) is 0 Å². The fourth-order valence-corrected chi connectivity index (χ4v) is 3.28. The van der Waals surface area contributed by atoms with Gasteiger partial charge in [0.05, 0.1) is 18.2 Å². The molecule has 2 aromatic rings. The van der Waals surface area contributed by atoms with E-state index in [1.807, 2.05) is 36.1 Å². The summed E-state index contributed by atoms with van der Waals surface area (Å²) < 4.78 is 1.87. The van der Waals surface area contributed by atoms with Crippen molar-refractivity contribution in [2.45, 2.75) is 32.4 Å². The van der Waals surface area contributed by atoms with Crippen molar-refractivity contribution in [2.24, 2.45) is 5.92 Å². The van der Waals surface area contributed by atoms with Crippen molar-refractivity contribution in [2.75, 3.05) is 13.6 Å². The van der Waals surface area contributed by atoms with Crippen molar-refractivity contribution in [1.29, 1.82) is 0 Å². The first kappa shape index (κ1) is 17.1. The average Bonchev–Trinajstić information content (AvgIpc) is 3.16. The van der Waals surface area contributed by atoms with Gasteiger partial charge in [0, 0.05) is 45.1 Å². The Morgan fingerprint density at radius 1 is 1.40 bits per heavy atom. The second-order valence-electron chi connectivity index (χ2n) is 6.47. The van der Waals surface area contributed by atoms with Gasteiger partial charge in [-0.2, -0.15) is 5.10 Å². The summed E-state index contributed by atoms with van der Waals surface area (Å²) in [5.41, 5.74) is 2.01. The molecule has 25 heavy (non-hydrogen) atoms. The molecule has 132 valence electrons. The zero-order valence-electron chi connectivity index (χ0n) is 14.6. The Kier molecular flexibility index (Phi) is 5.11. The minimum absolute atomic E-state index is 0.0129. The van der Waals surface area contributed by atoms with E-state index in [1.54, 1.807) is 24.3 Å². The van der Waals surface area contributed by atoms with Crippen LogP contribution >= 0.6 is 0 Å². The van der Waals surface area contributed by atoms with Crippen LogP contribution in [0.4, 0.5) is 0 Å². The summed E-state index contributed by atoms with van der Waals surface area (Å²) in [6.45, 7) is 3.31. The number of carbonyl (C=O) groups excluding carboxylic acids is 2. The lowest BCUT2D eigenvalue weighted by atomic mass is 9.94. The van der Waals surface area contributed by atoms with Gasteiger partial charge in [0.25, 0.3) is 0 Å². The topological polar surface area (TPSA) is 80.1 Å². The summed E-state index contributed by atoms with van der Waals surface area (Å²) in [5, 5.41) is 7.19. The Morgan fingerprint density at radius 2 is 2.24 bits per heavy atom. The lowest BCUT2D eigenvalue weighted by Gasteiger charge is -2.24. The van der Waals surface area contributed by atoms with Crippen molar-refractivity contribution >= 4 is 11.8 Å². The molecule has 1 aliphatic rings. The molecule has 2 atom stereocenters. The highest BCUT2D eigenvalue weighted by Crippen LogP contribution is 2.36. The van der Waals surface area contributed by atoms with E-state index in [2.05, 4.69) is 15.4 Å². The highest BCUT2D eigenvalue weighted by atomic mass is 16.2. The Bertz CT molecular complexity index is 743. The molecule has 0 radical (unpaired) electrons. The third-order valence-electron chi connectivity index (χ3n) is 4.57. The molecule has 1 N–H and O–H groups in total. The Labute approximate surface area is 147 Å². The largest absolute Gasteiger partial charge is 0.356 e. The van der Waals surface area contributed by atoms with Crippen LogP contribution < -0.4 is 5.32 Å². The molecule has 1 aliphatic heterocycles. The molecule has 1 fully saturated rings. The molecule has 1 saturated heterocycles. The molecule has 7 nitrogen and oxygen atoms in total. The lowest BCUT2D eigenvalue weighted by Crippen LogP contribution is -2.35. The van der Waals surface area contributed by atoms with Crippen LogP contribution in [0.25, 0.3) is 0 Å². The molecule has 7 heteroatoms. The highest BCUT2D eigenvalue weighted by molar-refractivity contribution is 5.90. The number of pyridine rings is 1. The first-order valence-electron chi connectivity index (χ1n) is 8.48. The minimum Gasteiger partial charge on any atom is -0.356 e. The summed E-state index contributed by atoms with van der Waals surface area (Å²) in [6, 6.07) is 3.48. The monoisotopic (exact) mass is 341 g/mol. The first-order chi connectivity index (χ1) is 12.1. The Hall–Kier alpha value is -2.70. The third kappa shape index (κ3) is 3.87. The number of carbonyl (C=O) groups is 2. The molecule has 2 amide bonds. The van der Waals surface area contributed by atoms with Gasteiger partial charge < -0.3 is 10.2 Å². The molecule has 3 rings (SSSR count). The summed E-state index contributed by atoms with van der Waals surface area (Å²) >= 11 is 0. The third-order valence-corrected chi connectivity index (χ3v) is 4.57. The molecule has 0 bridgehead atoms. The summed E-state index contributed by atoms with van der Waals surface area (Å²) in [7, 11) is 1.74. The van der Waals surface area contributed by atoms with Crippen LogP contribution in [-0.2, 0) is 16.1 Å². The molecule has 0 aliphatic carbocycles. The van der Waals surface area contributed by atoms with Crippen molar-refractivity contribution in [3.05, 3.63) is 48.0 Å². The zero-order chi connectivity index (χ0) is 17.8. The fraction of sp³-hybridized carbons (Fsp3) is 0.444. The second kappa shape index (κ2) is 7.46. The van der Waals surface area contributed by atoms with Gasteiger partial charge in [0.15, 0.2) is 0 Å². The van der Waals surface area contributed by atoms with Gasteiger partial charge in [0.2, 0.25) is 11.8 Å². The van der Waals surface area contributed by atoms with Crippen LogP contribution in [0.3, 0.4) is 0 Å². The van der Waals surface area contributed by atoms with Gasteiger partial charge in [-0.1, -0.05) is 6.07 Å². The van der Waals surface area contributed by atoms with E-state index < -0.39 is 0 Å². The van der Waals surface area contributed by atoms with Gasteiger partial charge in [-0.15, -0.1) is 0 Å². The lowest BCUT2D eigenvalue weighted by molar-refractivity contribution is -0.128. The summed E-state index contributed by atoms with van der Waals surface area (Å²) in [6.07, 6.45) is 8.23. The first-order valence-corrected chi connectivity index (χ1v) is 8.48. The molecule has 3 heterocycles. The quantitative estimate of drug-likeness (QED) is 0.804. The number of likely N-dealkylation sites (tertiary alicyclic amines) is 1. The minimum atomic E-state index is -0.381. The molecule has 0 unspecified atom stereocenters. The number of hydrogen-bond donors (Lipinski definition) is 1. The maximum absolute atomic E-state index is 12.6. The average molecular weight is 341 g/mol. The fourth-order valence-electron chi connectivity index (χ4n) is 3.28. The van der Waals surface area contributed by atoms with Gasteiger partial charge in [-0.25, -0.2) is 0 Å². The zero-order valence-corrected chi connectivity index (χ0v) is 14.6. The number of aryl methyl sites for hydroxylation is 2. The van der Waals surface area contributed by atoms with Crippen molar-refractivity contribution in [3.63, 3.8) is 0 Å². The molecule has 0 spiro atoms. The molecular formula is C18H23N5O2. The van der Waals surface area contributed by atoms with Crippen LogP contribution in [0, 0.1) is 12.8 Å². The molecule has 2 aromatic heterocycles. The van der Waals surface area contributed by atoms with E-state index in [-0.39, 0.29) is 30.2 Å².